The van der Waals surface area contributed by atoms with E-state index in [0.717, 1.165) is 62.8 Å². The molecule has 0 amide bonds. The number of aryl methyl sites for hydroxylation is 1. The fourth-order valence-electron chi connectivity index (χ4n) is 4.20. The molecule has 0 atom stereocenters. The molecule has 0 radical (unpaired) electrons. The number of fused-ring (bicyclic) bond motifs is 2. The SMILES string of the molecule is Cc1ncc2c(n1)C1(CCN(Cc3cccc(OC(C)C)c3)CC1)OCC2. The van der Waals surface area contributed by atoms with Crippen molar-refractivity contribution in [2.24, 2.45) is 0 Å². The first-order valence-electron chi connectivity index (χ1n) is 9.99. The van der Waals surface area contributed by atoms with Crippen LogP contribution < -0.4 is 4.74 Å². The lowest BCUT2D eigenvalue weighted by atomic mass is 9.83. The van der Waals surface area contributed by atoms with Crippen molar-refractivity contribution in [2.75, 3.05) is 19.7 Å². The number of benzene rings is 1. The molecule has 1 aromatic heterocycles. The van der Waals surface area contributed by atoms with Crippen LogP contribution in [0.15, 0.2) is 30.5 Å². The lowest BCUT2D eigenvalue weighted by Gasteiger charge is -2.44. The fraction of sp³-hybridized carbons (Fsp3) is 0.545. The highest BCUT2D eigenvalue weighted by atomic mass is 16.5. The van der Waals surface area contributed by atoms with E-state index < -0.39 is 0 Å². The van der Waals surface area contributed by atoms with E-state index in [4.69, 9.17) is 14.5 Å². The number of likely N-dealkylation sites (tertiary alicyclic amines) is 1. The maximum atomic E-state index is 6.31. The van der Waals surface area contributed by atoms with Gasteiger partial charge in [-0.1, -0.05) is 12.1 Å². The van der Waals surface area contributed by atoms with Gasteiger partial charge in [0, 0.05) is 25.8 Å². The van der Waals surface area contributed by atoms with E-state index in [0.29, 0.717) is 0 Å². The van der Waals surface area contributed by atoms with Crippen molar-refractivity contribution >= 4 is 0 Å². The van der Waals surface area contributed by atoms with Crippen LogP contribution in [0.3, 0.4) is 0 Å². The van der Waals surface area contributed by atoms with Crippen LogP contribution in [-0.2, 0) is 23.3 Å². The number of hydrogen-bond donors (Lipinski definition) is 0. The van der Waals surface area contributed by atoms with Crippen molar-refractivity contribution in [1.82, 2.24) is 14.9 Å². The van der Waals surface area contributed by atoms with E-state index in [9.17, 15) is 0 Å². The largest absolute Gasteiger partial charge is 0.491 e. The Hall–Kier alpha value is -1.98. The van der Waals surface area contributed by atoms with Crippen LogP contribution in [0.1, 0.15) is 49.3 Å². The molecule has 5 nitrogen and oxygen atoms in total. The Morgan fingerprint density at radius 1 is 1.26 bits per heavy atom. The molecule has 3 heterocycles. The van der Waals surface area contributed by atoms with Crippen molar-refractivity contribution in [3.05, 3.63) is 53.1 Å². The lowest BCUT2D eigenvalue weighted by molar-refractivity contribution is -0.102. The van der Waals surface area contributed by atoms with Gasteiger partial charge in [0.05, 0.1) is 18.4 Å². The minimum Gasteiger partial charge on any atom is -0.491 e. The molecule has 0 aliphatic carbocycles. The molecule has 1 spiro atoms. The number of hydrogen-bond acceptors (Lipinski definition) is 5. The van der Waals surface area contributed by atoms with Crippen molar-refractivity contribution in [1.29, 1.82) is 0 Å². The predicted molar refractivity (Wildman–Crippen MR) is 105 cm³/mol. The third kappa shape index (κ3) is 3.99. The molecular weight excluding hydrogens is 338 g/mol. The lowest BCUT2D eigenvalue weighted by Crippen LogP contribution is -2.47. The minimum absolute atomic E-state index is 0.198. The van der Waals surface area contributed by atoms with E-state index in [1.807, 2.05) is 19.2 Å². The van der Waals surface area contributed by atoms with Gasteiger partial charge >= 0.3 is 0 Å². The van der Waals surface area contributed by atoms with Gasteiger partial charge in [0.25, 0.3) is 0 Å². The van der Waals surface area contributed by atoms with Gasteiger partial charge in [-0.3, -0.25) is 4.90 Å². The summed E-state index contributed by atoms with van der Waals surface area (Å²) in [6, 6.07) is 8.45. The molecule has 4 rings (SSSR count). The highest BCUT2D eigenvalue weighted by Gasteiger charge is 2.42. The second-order valence-electron chi connectivity index (χ2n) is 7.97. The standard InChI is InChI=1S/C22H29N3O2/c1-16(2)27-20-6-4-5-18(13-20)15-25-10-8-22(9-11-25)21-19(7-12-26-22)14-23-17(3)24-21/h4-6,13-14,16H,7-12,15H2,1-3H3. The third-order valence-corrected chi connectivity index (χ3v) is 5.51. The summed E-state index contributed by atoms with van der Waals surface area (Å²) < 4.78 is 12.1. The minimum atomic E-state index is -0.222. The van der Waals surface area contributed by atoms with Crippen molar-refractivity contribution in [3.63, 3.8) is 0 Å². The highest BCUT2D eigenvalue weighted by Crippen LogP contribution is 2.40. The van der Waals surface area contributed by atoms with Gasteiger partial charge < -0.3 is 9.47 Å². The molecule has 0 N–H and O–H groups in total. The molecule has 1 fully saturated rings. The summed E-state index contributed by atoms with van der Waals surface area (Å²) in [6.07, 6.45) is 5.08. The molecule has 5 heteroatoms. The van der Waals surface area contributed by atoms with Crippen LogP contribution >= 0.6 is 0 Å². The summed E-state index contributed by atoms with van der Waals surface area (Å²) in [6.45, 7) is 9.82. The van der Waals surface area contributed by atoms with Gasteiger partial charge in [-0.05, 0) is 63.3 Å². The molecule has 0 saturated carbocycles. The van der Waals surface area contributed by atoms with E-state index in [1.54, 1.807) is 0 Å². The zero-order valence-corrected chi connectivity index (χ0v) is 16.6. The van der Waals surface area contributed by atoms with Gasteiger partial charge in [-0.2, -0.15) is 0 Å². The Kier molecular flexibility index (Phi) is 5.15. The maximum absolute atomic E-state index is 6.31. The molecule has 2 aliphatic heterocycles. The third-order valence-electron chi connectivity index (χ3n) is 5.51. The molecule has 27 heavy (non-hydrogen) atoms. The summed E-state index contributed by atoms with van der Waals surface area (Å²) in [4.78, 5) is 11.7. The van der Waals surface area contributed by atoms with Crippen LogP contribution in [0.5, 0.6) is 5.75 Å². The Bertz CT molecular complexity index is 798. The van der Waals surface area contributed by atoms with Gasteiger partial charge in [0.15, 0.2) is 0 Å². The zero-order chi connectivity index (χ0) is 18.9. The van der Waals surface area contributed by atoms with Crippen LogP contribution in [0.4, 0.5) is 0 Å². The highest BCUT2D eigenvalue weighted by molar-refractivity contribution is 5.30. The summed E-state index contributed by atoms with van der Waals surface area (Å²) in [5.74, 6) is 1.79. The molecule has 2 aromatic rings. The number of aromatic nitrogens is 2. The van der Waals surface area contributed by atoms with E-state index in [2.05, 4.69) is 41.9 Å². The average Bonchev–Trinajstić information content (AvgIpc) is 2.64. The normalized spacial score (nSPS) is 19.3. The average molecular weight is 367 g/mol. The monoisotopic (exact) mass is 367 g/mol. The van der Waals surface area contributed by atoms with E-state index >= 15 is 0 Å². The number of rotatable bonds is 4. The first-order valence-corrected chi connectivity index (χ1v) is 9.99. The predicted octanol–water partition coefficient (Wildman–Crippen LogP) is 3.64. The van der Waals surface area contributed by atoms with E-state index in [1.165, 1.54) is 11.1 Å². The molecule has 0 bridgehead atoms. The molecule has 0 unspecified atom stereocenters. The van der Waals surface area contributed by atoms with Gasteiger partial charge in [0.2, 0.25) is 0 Å². The number of ether oxygens (including phenoxy) is 2. The summed E-state index contributed by atoms with van der Waals surface area (Å²) >= 11 is 0. The van der Waals surface area contributed by atoms with Gasteiger partial charge in [0.1, 0.15) is 17.2 Å². The summed E-state index contributed by atoms with van der Waals surface area (Å²) in [5, 5.41) is 0. The summed E-state index contributed by atoms with van der Waals surface area (Å²) in [7, 11) is 0. The second-order valence-corrected chi connectivity index (χ2v) is 7.97. The van der Waals surface area contributed by atoms with Crippen LogP contribution in [0.25, 0.3) is 0 Å². The zero-order valence-electron chi connectivity index (χ0n) is 16.6. The first-order chi connectivity index (χ1) is 13.0. The second kappa shape index (κ2) is 7.56. The maximum Gasteiger partial charge on any atom is 0.125 e. The number of piperidine rings is 1. The smallest absolute Gasteiger partial charge is 0.125 e. The topological polar surface area (TPSA) is 47.5 Å². The van der Waals surface area contributed by atoms with Crippen LogP contribution in [0, 0.1) is 6.92 Å². The molecule has 1 saturated heterocycles. The first kappa shape index (κ1) is 18.4. The number of nitrogens with zero attached hydrogens (tertiary/aromatic N) is 3. The van der Waals surface area contributed by atoms with E-state index in [-0.39, 0.29) is 11.7 Å². The Balaban J connectivity index is 1.44. The van der Waals surface area contributed by atoms with Crippen LogP contribution in [0.2, 0.25) is 0 Å². The van der Waals surface area contributed by atoms with Crippen LogP contribution in [-0.4, -0.2) is 40.7 Å². The Morgan fingerprint density at radius 3 is 2.85 bits per heavy atom. The summed E-state index contributed by atoms with van der Waals surface area (Å²) in [5.41, 5.74) is 3.47. The molecular formula is C22H29N3O2. The Labute approximate surface area is 161 Å². The molecule has 2 aliphatic rings. The quantitative estimate of drug-likeness (QED) is 0.826. The fourth-order valence-corrected chi connectivity index (χ4v) is 4.20. The van der Waals surface area contributed by atoms with Gasteiger partial charge in [-0.25, -0.2) is 9.97 Å². The van der Waals surface area contributed by atoms with Crippen molar-refractivity contribution in [3.8, 4) is 5.75 Å². The molecule has 144 valence electrons. The van der Waals surface area contributed by atoms with Crippen molar-refractivity contribution in [2.45, 2.75) is 58.3 Å². The molecule has 1 aromatic carbocycles. The van der Waals surface area contributed by atoms with Crippen molar-refractivity contribution < 1.29 is 9.47 Å². The van der Waals surface area contributed by atoms with Gasteiger partial charge in [-0.15, -0.1) is 0 Å². The Morgan fingerprint density at radius 2 is 2.07 bits per heavy atom.